The molecule has 2 N–H and O–H groups in total. The SMILES string of the molecule is COC(=O)c1cc[nH]c1CNCC1CCCS1. The molecule has 1 aliphatic rings. The predicted molar refractivity (Wildman–Crippen MR) is 69.3 cm³/mol. The van der Waals surface area contributed by atoms with E-state index in [1.54, 1.807) is 12.3 Å². The summed E-state index contributed by atoms with van der Waals surface area (Å²) in [4.78, 5) is 14.5. The van der Waals surface area contributed by atoms with E-state index in [0.717, 1.165) is 17.5 Å². The van der Waals surface area contributed by atoms with Crippen molar-refractivity contribution in [3.8, 4) is 0 Å². The van der Waals surface area contributed by atoms with E-state index < -0.39 is 0 Å². The maximum Gasteiger partial charge on any atom is 0.339 e. The van der Waals surface area contributed by atoms with Gasteiger partial charge in [0.05, 0.1) is 12.7 Å². The van der Waals surface area contributed by atoms with Crippen LogP contribution in [-0.4, -0.2) is 35.6 Å². The lowest BCUT2D eigenvalue weighted by Crippen LogP contribution is -2.23. The van der Waals surface area contributed by atoms with Gasteiger partial charge in [0.1, 0.15) is 0 Å². The van der Waals surface area contributed by atoms with Crippen LogP contribution in [0.3, 0.4) is 0 Å². The van der Waals surface area contributed by atoms with Gasteiger partial charge < -0.3 is 15.0 Å². The molecule has 1 fully saturated rings. The Morgan fingerprint density at radius 2 is 2.59 bits per heavy atom. The van der Waals surface area contributed by atoms with Gasteiger partial charge in [0.2, 0.25) is 0 Å². The summed E-state index contributed by atoms with van der Waals surface area (Å²) in [6.07, 6.45) is 4.40. The molecule has 1 saturated heterocycles. The monoisotopic (exact) mass is 254 g/mol. The van der Waals surface area contributed by atoms with Gasteiger partial charge in [-0.05, 0) is 24.7 Å². The van der Waals surface area contributed by atoms with Crippen LogP contribution in [0.1, 0.15) is 28.9 Å². The Hall–Kier alpha value is -0.940. The molecule has 1 atom stereocenters. The molecular weight excluding hydrogens is 236 g/mol. The normalized spacial score (nSPS) is 19.5. The fraction of sp³-hybridized carbons (Fsp3) is 0.583. The molecule has 0 saturated carbocycles. The van der Waals surface area contributed by atoms with E-state index >= 15 is 0 Å². The lowest BCUT2D eigenvalue weighted by atomic mass is 10.2. The standard InChI is InChI=1S/C12H18N2O2S/c1-16-12(15)10-4-5-14-11(10)8-13-7-9-3-2-6-17-9/h4-5,9,13-14H,2-3,6-8H2,1H3. The maximum absolute atomic E-state index is 11.4. The molecule has 0 aromatic carbocycles. The third-order valence-electron chi connectivity index (χ3n) is 2.94. The number of aromatic amines is 1. The minimum Gasteiger partial charge on any atom is -0.465 e. The van der Waals surface area contributed by atoms with Crippen LogP contribution < -0.4 is 5.32 Å². The van der Waals surface area contributed by atoms with Gasteiger partial charge in [0.25, 0.3) is 0 Å². The number of carbonyl (C=O) groups is 1. The van der Waals surface area contributed by atoms with E-state index in [2.05, 4.69) is 10.3 Å². The van der Waals surface area contributed by atoms with Crippen LogP contribution in [0.5, 0.6) is 0 Å². The molecule has 1 aliphatic heterocycles. The quantitative estimate of drug-likeness (QED) is 0.787. The minimum absolute atomic E-state index is 0.279. The number of ether oxygens (including phenoxy) is 1. The highest BCUT2D eigenvalue weighted by Crippen LogP contribution is 2.25. The molecule has 17 heavy (non-hydrogen) atoms. The first-order valence-electron chi connectivity index (χ1n) is 5.88. The number of carbonyl (C=O) groups excluding carboxylic acids is 1. The molecule has 0 aliphatic carbocycles. The molecular formula is C12H18N2O2S. The zero-order valence-electron chi connectivity index (χ0n) is 9.99. The summed E-state index contributed by atoms with van der Waals surface area (Å²) >= 11 is 2.03. The average Bonchev–Trinajstić information content (AvgIpc) is 2.99. The lowest BCUT2D eigenvalue weighted by Gasteiger charge is -2.10. The Morgan fingerprint density at radius 1 is 1.71 bits per heavy atom. The highest BCUT2D eigenvalue weighted by atomic mass is 32.2. The van der Waals surface area contributed by atoms with E-state index in [-0.39, 0.29) is 5.97 Å². The summed E-state index contributed by atoms with van der Waals surface area (Å²) in [6.45, 7) is 1.69. The van der Waals surface area contributed by atoms with Crippen LogP contribution >= 0.6 is 11.8 Å². The molecule has 0 spiro atoms. The van der Waals surface area contributed by atoms with Crippen LogP contribution in [0, 0.1) is 0 Å². The van der Waals surface area contributed by atoms with Crippen molar-refractivity contribution in [1.29, 1.82) is 0 Å². The summed E-state index contributed by atoms with van der Waals surface area (Å²) in [6, 6.07) is 1.76. The van der Waals surface area contributed by atoms with E-state index in [0.29, 0.717) is 12.1 Å². The minimum atomic E-state index is -0.279. The first-order valence-corrected chi connectivity index (χ1v) is 6.93. The van der Waals surface area contributed by atoms with Crippen LogP contribution in [-0.2, 0) is 11.3 Å². The zero-order chi connectivity index (χ0) is 12.1. The summed E-state index contributed by atoms with van der Waals surface area (Å²) in [7, 11) is 1.40. The van der Waals surface area contributed by atoms with Gasteiger partial charge in [-0.25, -0.2) is 4.79 Å². The fourth-order valence-corrected chi connectivity index (χ4v) is 3.25. The Morgan fingerprint density at radius 3 is 3.29 bits per heavy atom. The van der Waals surface area contributed by atoms with Crippen molar-refractivity contribution in [2.75, 3.05) is 19.4 Å². The van der Waals surface area contributed by atoms with Gasteiger partial charge in [-0.15, -0.1) is 0 Å². The van der Waals surface area contributed by atoms with Crippen LogP contribution in [0.2, 0.25) is 0 Å². The first-order chi connectivity index (χ1) is 8.31. The van der Waals surface area contributed by atoms with E-state index in [1.807, 2.05) is 11.8 Å². The lowest BCUT2D eigenvalue weighted by molar-refractivity contribution is 0.0599. The number of hydrogen-bond acceptors (Lipinski definition) is 4. The molecule has 0 radical (unpaired) electrons. The Bertz CT molecular complexity index is 372. The van der Waals surface area contributed by atoms with Crippen molar-refractivity contribution in [3.05, 3.63) is 23.5 Å². The van der Waals surface area contributed by atoms with Crippen molar-refractivity contribution in [1.82, 2.24) is 10.3 Å². The summed E-state index contributed by atoms with van der Waals surface area (Å²) in [5.41, 5.74) is 1.53. The smallest absolute Gasteiger partial charge is 0.339 e. The van der Waals surface area contributed by atoms with Gasteiger partial charge in [0.15, 0.2) is 0 Å². The van der Waals surface area contributed by atoms with Crippen LogP contribution in [0.4, 0.5) is 0 Å². The van der Waals surface area contributed by atoms with Gasteiger partial charge in [-0.2, -0.15) is 11.8 Å². The number of aromatic nitrogens is 1. The van der Waals surface area contributed by atoms with Crippen LogP contribution in [0.25, 0.3) is 0 Å². The second-order valence-electron chi connectivity index (χ2n) is 4.13. The Kier molecular flexibility index (Phi) is 4.50. The number of esters is 1. The number of thioether (sulfide) groups is 1. The maximum atomic E-state index is 11.4. The molecule has 0 amide bonds. The second-order valence-corrected chi connectivity index (χ2v) is 5.54. The third-order valence-corrected chi connectivity index (χ3v) is 4.33. The zero-order valence-corrected chi connectivity index (χ0v) is 10.8. The van der Waals surface area contributed by atoms with E-state index in [1.165, 1.54) is 25.7 Å². The number of rotatable bonds is 5. The van der Waals surface area contributed by atoms with Crippen molar-refractivity contribution >= 4 is 17.7 Å². The van der Waals surface area contributed by atoms with Gasteiger partial charge >= 0.3 is 5.97 Å². The number of methoxy groups -OCH3 is 1. The number of nitrogens with one attached hydrogen (secondary N) is 2. The molecule has 1 unspecified atom stereocenters. The van der Waals surface area contributed by atoms with Crippen LogP contribution in [0.15, 0.2) is 12.3 Å². The largest absolute Gasteiger partial charge is 0.465 e. The van der Waals surface area contributed by atoms with Crippen molar-refractivity contribution in [2.45, 2.75) is 24.6 Å². The van der Waals surface area contributed by atoms with Crippen molar-refractivity contribution in [2.24, 2.45) is 0 Å². The van der Waals surface area contributed by atoms with Gasteiger partial charge in [0, 0.05) is 30.2 Å². The Balaban J connectivity index is 1.82. The third kappa shape index (κ3) is 3.26. The molecule has 0 bridgehead atoms. The molecule has 94 valence electrons. The molecule has 5 heteroatoms. The second kappa shape index (κ2) is 6.12. The summed E-state index contributed by atoms with van der Waals surface area (Å²) in [5.74, 6) is 1.00. The van der Waals surface area contributed by atoms with Crippen molar-refractivity contribution < 1.29 is 9.53 Å². The molecule has 2 rings (SSSR count). The highest BCUT2D eigenvalue weighted by molar-refractivity contribution is 8.00. The van der Waals surface area contributed by atoms with E-state index in [4.69, 9.17) is 4.74 Å². The van der Waals surface area contributed by atoms with Gasteiger partial charge in [-0.1, -0.05) is 0 Å². The first kappa shape index (κ1) is 12.5. The molecule has 2 heterocycles. The fourth-order valence-electron chi connectivity index (χ4n) is 2.01. The number of H-pyrrole nitrogens is 1. The predicted octanol–water partition coefficient (Wildman–Crippen LogP) is 1.79. The number of hydrogen-bond donors (Lipinski definition) is 2. The molecule has 1 aromatic rings. The van der Waals surface area contributed by atoms with E-state index in [9.17, 15) is 4.79 Å². The topological polar surface area (TPSA) is 54.1 Å². The highest BCUT2D eigenvalue weighted by Gasteiger charge is 2.16. The molecule has 1 aromatic heterocycles. The van der Waals surface area contributed by atoms with Crippen molar-refractivity contribution in [3.63, 3.8) is 0 Å². The molecule has 4 nitrogen and oxygen atoms in total. The summed E-state index contributed by atoms with van der Waals surface area (Å²) < 4.78 is 4.72. The van der Waals surface area contributed by atoms with Gasteiger partial charge in [-0.3, -0.25) is 0 Å². The Labute approximate surface area is 106 Å². The average molecular weight is 254 g/mol. The summed E-state index contributed by atoms with van der Waals surface area (Å²) in [5, 5.41) is 4.12.